The van der Waals surface area contributed by atoms with E-state index in [9.17, 15) is 20.4 Å². The summed E-state index contributed by atoms with van der Waals surface area (Å²) in [5.74, 6) is 0.200. The van der Waals surface area contributed by atoms with Crippen LogP contribution < -0.4 is 4.74 Å². The van der Waals surface area contributed by atoms with Crippen LogP contribution in [0.2, 0.25) is 0 Å². The molecule has 0 bridgehead atoms. The number of nitrogens with zero attached hydrogens (tertiary/aromatic N) is 1. The summed E-state index contributed by atoms with van der Waals surface area (Å²) in [7, 11) is 1.49. The van der Waals surface area contributed by atoms with E-state index in [2.05, 4.69) is 4.99 Å². The first-order valence-corrected chi connectivity index (χ1v) is 8.85. The molecule has 0 fully saturated rings. The van der Waals surface area contributed by atoms with Crippen LogP contribution in [0.4, 0.5) is 0 Å². The van der Waals surface area contributed by atoms with Crippen molar-refractivity contribution in [3.8, 4) is 28.7 Å². The zero-order chi connectivity index (χ0) is 20.8. The molecule has 0 aromatic heterocycles. The van der Waals surface area contributed by atoms with Crippen molar-refractivity contribution in [1.29, 1.82) is 0 Å². The first-order valence-electron chi connectivity index (χ1n) is 8.85. The number of hydrogen-bond acceptors (Lipinski definition) is 6. The Balaban J connectivity index is 1.74. The topological polar surface area (TPSA) is 103 Å². The third kappa shape index (κ3) is 5.07. The Morgan fingerprint density at radius 1 is 0.759 bits per heavy atom. The van der Waals surface area contributed by atoms with E-state index in [1.807, 2.05) is 12.2 Å². The Kier molecular flexibility index (Phi) is 6.04. The van der Waals surface area contributed by atoms with Gasteiger partial charge in [-0.25, -0.2) is 0 Å². The van der Waals surface area contributed by atoms with Crippen molar-refractivity contribution in [2.24, 2.45) is 4.99 Å². The Morgan fingerprint density at radius 2 is 1.41 bits per heavy atom. The SMILES string of the molecule is COc1cc(C=Cc2ccc(O)c(C=NCc3ccc(O)c(O)c3)c2)ccc1O. The second-order valence-electron chi connectivity index (χ2n) is 6.38. The van der Waals surface area contributed by atoms with Crippen molar-refractivity contribution in [2.45, 2.75) is 6.54 Å². The molecule has 6 heteroatoms. The zero-order valence-corrected chi connectivity index (χ0v) is 15.8. The lowest BCUT2D eigenvalue weighted by Crippen LogP contribution is -1.87. The van der Waals surface area contributed by atoms with Crippen LogP contribution in [-0.2, 0) is 6.54 Å². The van der Waals surface area contributed by atoms with Gasteiger partial charge in [-0.3, -0.25) is 4.99 Å². The van der Waals surface area contributed by atoms with Crippen molar-refractivity contribution >= 4 is 18.4 Å². The summed E-state index contributed by atoms with van der Waals surface area (Å²) in [6.07, 6.45) is 5.30. The predicted molar refractivity (Wildman–Crippen MR) is 113 cm³/mol. The fourth-order valence-corrected chi connectivity index (χ4v) is 2.69. The minimum absolute atomic E-state index is 0.0785. The van der Waals surface area contributed by atoms with Gasteiger partial charge in [-0.2, -0.15) is 0 Å². The molecule has 0 aliphatic rings. The molecule has 0 saturated carbocycles. The van der Waals surface area contributed by atoms with Crippen LogP contribution in [-0.4, -0.2) is 33.8 Å². The number of phenols is 4. The Bertz CT molecular complexity index is 1070. The first kappa shape index (κ1) is 19.8. The van der Waals surface area contributed by atoms with Gasteiger partial charge in [-0.1, -0.05) is 30.4 Å². The third-order valence-electron chi connectivity index (χ3n) is 4.27. The van der Waals surface area contributed by atoms with E-state index in [1.165, 1.54) is 19.2 Å². The summed E-state index contributed by atoms with van der Waals surface area (Å²) >= 11 is 0. The lowest BCUT2D eigenvalue weighted by Gasteiger charge is -2.04. The van der Waals surface area contributed by atoms with Gasteiger partial charge in [-0.15, -0.1) is 0 Å². The van der Waals surface area contributed by atoms with Gasteiger partial charge < -0.3 is 25.2 Å². The molecule has 0 atom stereocenters. The molecule has 0 spiro atoms. The molecule has 3 aromatic carbocycles. The molecular formula is C23H21NO5. The fraction of sp³-hybridized carbons (Fsp3) is 0.0870. The van der Waals surface area contributed by atoms with Gasteiger partial charge in [0.15, 0.2) is 23.0 Å². The molecule has 6 nitrogen and oxygen atoms in total. The highest BCUT2D eigenvalue weighted by atomic mass is 16.5. The van der Waals surface area contributed by atoms with Crippen LogP contribution in [0, 0.1) is 0 Å². The van der Waals surface area contributed by atoms with E-state index >= 15 is 0 Å². The van der Waals surface area contributed by atoms with E-state index in [0.29, 0.717) is 17.9 Å². The summed E-state index contributed by atoms with van der Waals surface area (Å²) in [6.45, 7) is 0.292. The van der Waals surface area contributed by atoms with Gasteiger partial charge in [0, 0.05) is 11.8 Å². The number of methoxy groups -OCH3 is 1. The Hall–Kier alpha value is -3.93. The smallest absolute Gasteiger partial charge is 0.161 e. The maximum absolute atomic E-state index is 10.1. The molecule has 3 aromatic rings. The highest BCUT2D eigenvalue weighted by Crippen LogP contribution is 2.28. The lowest BCUT2D eigenvalue weighted by atomic mass is 10.1. The molecule has 0 amide bonds. The number of aromatic hydroxyl groups is 4. The Morgan fingerprint density at radius 3 is 2.10 bits per heavy atom. The van der Waals surface area contributed by atoms with Gasteiger partial charge >= 0.3 is 0 Å². The third-order valence-corrected chi connectivity index (χ3v) is 4.27. The number of ether oxygens (including phenoxy) is 1. The lowest BCUT2D eigenvalue weighted by molar-refractivity contribution is 0.373. The van der Waals surface area contributed by atoms with E-state index in [4.69, 9.17) is 4.74 Å². The number of hydrogen-bond donors (Lipinski definition) is 4. The number of phenolic OH excluding ortho intramolecular Hbond substituents is 4. The average Bonchev–Trinajstić information content (AvgIpc) is 2.72. The molecule has 148 valence electrons. The van der Waals surface area contributed by atoms with E-state index in [1.54, 1.807) is 48.7 Å². The van der Waals surface area contributed by atoms with Gasteiger partial charge in [0.25, 0.3) is 0 Å². The highest BCUT2D eigenvalue weighted by Gasteiger charge is 2.03. The second kappa shape index (κ2) is 8.84. The normalized spacial score (nSPS) is 11.3. The highest BCUT2D eigenvalue weighted by molar-refractivity contribution is 5.85. The van der Waals surface area contributed by atoms with Gasteiger partial charge in [-0.05, 0) is 53.1 Å². The van der Waals surface area contributed by atoms with Gasteiger partial charge in [0.2, 0.25) is 0 Å². The minimum Gasteiger partial charge on any atom is -0.507 e. The largest absolute Gasteiger partial charge is 0.507 e. The molecule has 29 heavy (non-hydrogen) atoms. The van der Waals surface area contributed by atoms with Crippen LogP contribution in [0.25, 0.3) is 12.2 Å². The number of rotatable bonds is 6. The van der Waals surface area contributed by atoms with E-state index in [0.717, 1.165) is 16.7 Å². The second-order valence-corrected chi connectivity index (χ2v) is 6.38. The zero-order valence-electron chi connectivity index (χ0n) is 15.8. The van der Waals surface area contributed by atoms with E-state index < -0.39 is 0 Å². The van der Waals surface area contributed by atoms with Crippen molar-refractivity contribution in [3.05, 3.63) is 76.9 Å². The maximum atomic E-state index is 10.1. The summed E-state index contributed by atoms with van der Waals surface area (Å²) in [5, 5.41) is 38.6. The minimum atomic E-state index is -0.196. The molecule has 4 N–H and O–H groups in total. The van der Waals surface area contributed by atoms with Crippen LogP contribution in [0.15, 0.2) is 59.6 Å². The average molecular weight is 391 g/mol. The molecule has 0 heterocycles. The molecule has 0 aliphatic carbocycles. The summed E-state index contributed by atoms with van der Waals surface area (Å²) in [6, 6.07) is 14.7. The fourth-order valence-electron chi connectivity index (χ4n) is 2.69. The van der Waals surface area contributed by atoms with Gasteiger partial charge in [0.05, 0.1) is 13.7 Å². The Labute approximate surface area is 168 Å². The van der Waals surface area contributed by atoms with Crippen molar-refractivity contribution in [3.63, 3.8) is 0 Å². The van der Waals surface area contributed by atoms with Crippen molar-refractivity contribution in [2.75, 3.05) is 7.11 Å². The van der Waals surface area contributed by atoms with Crippen LogP contribution in [0.3, 0.4) is 0 Å². The van der Waals surface area contributed by atoms with Gasteiger partial charge in [0.1, 0.15) is 5.75 Å². The molecular weight excluding hydrogens is 370 g/mol. The standard InChI is InChI=1S/C23H21NO5/c1-29-23-12-16(5-9-21(23)27)3-2-15-4-7-19(25)18(10-15)14-24-13-17-6-8-20(26)22(28)11-17/h2-12,14,25-28H,13H2,1H3. The summed E-state index contributed by atoms with van der Waals surface area (Å²) < 4.78 is 5.10. The summed E-state index contributed by atoms with van der Waals surface area (Å²) in [4.78, 5) is 4.29. The monoisotopic (exact) mass is 391 g/mol. The number of benzene rings is 3. The van der Waals surface area contributed by atoms with Crippen molar-refractivity contribution in [1.82, 2.24) is 0 Å². The van der Waals surface area contributed by atoms with Crippen LogP contribution in [0.1, 0.15) is 22.3 Å². The summed E-state index contributed by atoms with van der Waals surface area (Å²) in [5.41, 5.74) is 3.00. The molecule has 0 saturated heterocycles. The van der Waals surface area contributed by atoms with Crippen LogP contribution in [0.5, 0.6) is 28.7 Å². The van der Waals surface area contributed by atoms with Crippen LogP contribution >= 0.6 is 0 Å². The molecule has 3 rings (SSSR count). The first-order chi connectivity index (χ1) is 14.0. The molecule has 0 radical (unpaired) electrons. The van der Waals surface area contributed by atoms with E-state index in [-0.39, 0.29) is 23.0 Å². The predicted octanol–water partition coefficient (Wildman–Crippen LogP) is 4.31. The maximum Gasteiger partial charge on any atom is 0.161 e. The number of aliphatic imine (C=N–C) groups is 1. The van der Waals surface area contributed by atoms with Crippen molar-refractivity contribution < 1.29 is 25.2 Å². The molecule has 0 unspecified atom stereocenters. The quantitative estimate of drug-likeness (QED) is 0.285. The molecule has 0 aliphatic heterocycles.